The summed E-state index contributed by atoms with van der Waals surface area (Å²) in [5.41, 5.74) is 2.86. The lowest BCUT2D eigenvalue weighted by Crippen LogP contribution is -2.20. The van der Waals surface area contributed by atoms with Crippen molar-refractivity contribution < 1.29 is 4.84 Å². The molecule has 0 N–H and O–H groups in total. The summed E-state index contributed by atoms with van der Waals surface area (Å²) >= 11 is 0. The van der Waals surface area contributed by atoms with Crippen LogP contribution in [-0.2, 0) is 4.84 Å². The molecule has 1 heterocycles. The van der Waals surface area contributed by atoms with Gasteiger partial charge in [-0.15, -0.1) is 0 Å². The Morgan fingerprint density at radius 2 is 1.58 bits per heavy atom. The Morgan fingerprint density at radius 3 is 2.21 bits per heavy atom. The van der Waals surface area contributed by atoms with Gasteiger partial charge < -0.3 is 4.84 Å². The van der Waals surface area contributed by atoms with E-state index in [0.717, 1.165) is 16.8 Å². The molecule has 0 bridgehead atoms. The van der Waals surface area contributed by atoms with E-state index in [1.54, 1.807) is 0 Å². The van der Waals surface area contributed by atoms with E-state index in [9.17, 15) is 5.26 Å². The maximum absolute atomic E-state index is 9.21. The van der Waals surface area contributed by atoms with Crippen molar-refractivity contribution in [2.45, 2.75) is 12.0 Å². The van der Waals surface area contributed by atoms with E-state index in [0.29, 0.717) is 0 Å². The van der Waals surface area contributed by atoms with Gasteiger partial charge in [0, 0.05) is 5.56 Å². The first-order valence-corrected chi connectivity index (χ1v) is 6.14. The normalized spacial score (nSPS) is 21.3. The molecule has 0 aromatic heterocycles. The predicted molar refractivity (Wildman–Crippen MR) is 72.6 cm³/mol. The van der Waals surface area contributed by atoms with E-state index in [2.05, 4.69) is 11.2 Å². The summed E-state index contributed by atoms with van der Waals surface area (Å²) in [6, 6.07) is 21.9. The molecule has 3 nitrogen and oxygen atoms in total. The van der Waals surface area contributed by atoms with Gasteiger partial charge >= 0.3 is 0 Å². The van der Waals surface area contributed by atoms with E-state index in [1.165, 1.54) is 0 Å². The molecule has 0 saturated heterocycles. The molecular formula is C16H12N2O. The minimum atomic E-state index is -0.558. The number of oxime groups is 1. The van der Waals surface area contributed by atoms with E-state index < -0.39 is 6.10 Å². The Labute approximate surface area is 111 Å². The van der Waals surface area contributed by atoms with Crippen LogP contribution in [0, 0.1) is 11.3 Å². The van der Waals surface area contributed by atoms with Gasteiger partial charge in [-0.3, -0.25) is 0 Å². The molecule has 0 spiro atoms. The molecule has 3 heteroatoms. The van der Waals surface area contributed by atoms with Gasteiger partial charge in [0.2, 0.25) is 6.10 Å². The van der Waals surface area contributed by atoms with Crippen molar-refractivity contribution in [3.63, 3.8) is 0 Å². The third-order valence-electron chi connectivity index (χ3n) is 3.22. The SMILES string of the molecule is N#C[C@@H]1ON=C(c2ccccc2)[C@H]1c1ccccc1. The highest BCUT2D eigenvalue weighted by atomic mass is 16.6. The highest BCUT2D eigenvalue weighted by Crippen LogP contribution is 2.31. The van der Waals surface area contributed by atoms with Crippen LogP contribution in [0.3, 0.4) is 0 Å². The van der Waals surface area contributed by atoms with Crippen LogP contribution in [0.15, 0.2) is 65.8 Å². The molecular weight excluding hydrogens is 236 g/mol. The predicted octanol–water partition coefficient (Wildman–Crippen LogP) is 3.10. The van der Waals surface area contributed by atoms with Crippen molar-refractivity contribution in [1.82, 2.24) is 0 Å². The van der Waals surface area contributed by atoms with Crippen LogP contribution in [0.25, 0.3) is 0 Å². The minimum absolute atomic E-state index is 0.131. The average molecular weight is 248 g/mol. The van der Waals surface area contributed by atoms with E-state index >= 15 is 0 Å². The fourth-order valence-corrected chi connectivity index (χ4v) is 2.31. The second-order valence-corrected chi connectivity index (χ2v) is 4.39. The van der Waals surface area contributed by atoms with Crippen LogP contribution in [0.1, 0.15) is 17.0 Å². The summed E-state index contributed by atoms with van der Waals surface area (Å²) in [6.45, 7) is 0. The van der Waals surface area contributed by atoms with Crippen molar-refractivity contribution in [2.75, 3.05) is 0 Å². The Kier molecular flexibility index (Phi) is 2.99. The molecule has 3 rings (SSSR count). The molecule has 1 aliphatic heterocycles. The van der Waals surface area contributed by atoms with Gasteiger partial charge in [0.15, 0.2) is 0 Å². The highest BCUT2D eigenvalue weighted by Gasteiger charge is 2.36. The van der Waals surface area contributed by atoms with Crippen molar-refractivity contribution in [2.24, 2.45) is 5.16 Å². The second-order valence-electron chi connectivity index (χ2n) is 4.39. The van der Waals surface area contributed by atoms with Crippen LogP contribution in [0.5, 0.6) is 0 Å². The lowest BCUT2D eigenvalue weighted by atomic mass is 9.87. The molecule has 0 aliphatic carbocycles. The van der Waals surface area contributed by atoms with Gasteiger partial charge in [0.1, 0.15) is 6.07 Å². The molecule has 2 atom stereocenters. The summed E-state index contributed by atoms with van der Waals surface area (Å²) in [5.74, 6) is -0.131. The summed E-state index contributed by atoms with van der Waals surface area (Å²) < 4.78 is 0. The van der Waals surface area contributed by atoms with E-state index in [1.807, 2.05) is 60.7 Å². The number of hydrogen-bond donors (Lipinski definition) is 0. The maximum Gasteiger partial charge on any atom is 0.225 e. The third kappa shape index (κ3) is 2.09. The topological polar surface area (TPSA) is 45.4 Å². The first-order chi connectivity index (χ1) is 9.40. The van der Waals surface area contributed by atoms with Crippen LogP contribution < -0.4 is 0 Å². The molecule has 0 fully saturated rings. The fourth-order valence-electron chi connectivity index (χ4n) is 2.31. The van der Waals surface area contributed by atoms with Crippen molar-refractivity contribution in [3.05, 3.63) is 71.8 Å². The largest absolute Gasteiger partial charge is 0.376 e. The van der Waals surface area contributed by atoms with Crippen molar-refractivity contribution >= 4 is 5.71 Å². The Morgan fingerprint density at radius 1 is 0.947 bits per heavy atom. The van der Waals surface area contributed by atoms with E-state index in [-0.39, 0.29) is 5.92 Å². The standard InChI is InChI=1S/C16H12N2O/c17-11-14-15(12-7-3-1-4-8-12)16(18-19-14)13-9-5-2-6-10-13/h1-10,14-15H/t14-,15-/m0/s1. The zero-order valence-corrected chi connectivity index (χ0v) is 10.2. The van der Waals surface area contributed by atoms with Crippen LogP contribution >= 0.6 is 0 Å². The molecule has 2 aromatic rings. The second kappa shape index (κ2) is 4.95. The lowest BCUT2D eigenvalue weighted by molar-refractivity contribution is 0.116. The first kappa shape index (κ1) is 11.5. The highest BCUT2D eigenvalue weighted by molar-refractivity contribution is 6.06. The Hall–Kier alpha value is -2.60. The van der Waals surface area contributed by atoms with E-state index in [4.69, 9.17) is 4.84 Å². The zero-order chi connectivity index (χ0) is 13.1. The zero-order valence-electron chi connectivity index (χ0n) is 10.2. The molecule has 0 radical (unpaired) electrons. The molecule has 2 aromatic carbocycles. The van der Waals surface area contributed by atoms with Gasteiger partial charge in [-0.05, 0) is 5.56 Å². The summed E-state index contributed by atoms with van der Waals surface area (Å²) in [6.07, 6.45) is -0.558. The third-order valence-corrected chi connectivity index (χ3v) is 3.22. The molecule has 1 aliphatic rings. The van der Waals surface area contributed by atoms with Crippen molar-refractivity contribution in [1.29, 1.82) is 5.26 Å². The van der Waals surface area contributed by atoms with Crippen LogP contribution in [0.4, 0.5) is 0 Å². The van der Waals surface area contributed by atoms with Gasteiger partial charge in [0.05, 0.1) is 11.6 Å². The van der Waals surface area contributed by atoms with Gasteiger partial charge in [0.25, 0.3) is 0 Å². The van der Waals surface area contributed by atoms with Crippen LogP contribution in [0.2, 0.25) is 0 Å². The van der Waals surface area contributed by atoms with Gasteiger partial charge in [-0.25, -0.2) is 0 Å². The number of nitrogens with zero attached hydrogens (tertiary/aromatic N) is 2. The minimum Gasteiger partial charge on any atom is -0.376 e. The quantitative estimate of drug-likeness (QED) is 0.819. The van der Waals surface area contributed by atoms with Crippen molar-refractivity contribution in [3.8, 4) is 6.07 Å². The Bertz CT molecular complexity index is 629. The number of nitriles is 1. The van der Waals surface area contributed by atoms with Crippen LogP contribution in [-0.4, -0.2) is 11.8 Å². The molecule has 92 valence electrons. The number of rotatable bonds is 2. The summed E-state index contributed by atoms with van der Waals surface area (Å²) in [7, 11) is 0. The lowest BCUT2D eigenvalue weighted by Gasteiger charge is -2.14. The molecule has 0 unspecified atom stereocenters. The monoisotopic (exact) mass is 248 g/mol. The molecule has 0 amide bonds. The van der Waals surface area contributed by atoms with Gasteiger partial charge in [-0.2, -0.15) is 5.26 Å². The summed E-state index contributed by atoms with van der Waals surface area (Å²) in [5, 5.41) is 13.3. The molecule has 19 heavy (non-hydrogen) atoms. The Balaban J connectivity index is 2.03. The smallest absolute Gasteiger partial charge is 0.225 e. The fraction of sp³-hybridized carbons (Fsp3) is 0.125. The molecule has 0 saturated carbocycles. The maximum atomic E-state index is 9.21. The average Bonchev–Trinajstić information content (AvgIpc) is 2.93. The number of hydrogen-bond acceptors (Lipinski definition) is 3. The summed E-state index contributed by atoms with van der Waals surface area (Å²) in [4.78, 5) is 5.26. The number of benzene rings is 2. The first-order valence-electron chi connectivity index (χ1n) is 6.14. The van der Waals surface area contributed by atoms with Gasteiger partial charge in [-0.1, -0.05) is 65.8 Å².